The van der Waals surface area contributed by atoms with Crippen LogP contribution in [0.5, 0.6) is 0 Å². The molecule has 144 valence electrons. The largest absolute Gasteiger partial charge is 0.353 e. The van der Waals surface area contributed by atoms with Crippen molar-refractivity contribution in [3.63, 3.8) is 0 Å². The van der Waals surface area contributed by atoms with Crippen molar-refractivity contribution >= 4 is 27.2 Å². The second kappa shape index (κ2) is 7.68. The first-order valence-corrected chi connectivity index (χ1v) is 10.9. The molecule has 0 radical (unpaired) electrons. The summed E-state index contributed by atoms with van der Waals surface area (Å²) in [5.41, 5.74) is 3.43. The number of carbonyl (C=O) groups excluding carboxylic acids is 1. The van der Waals surface area contributed by atoms with Crippen molar-refractivity contribution in [2.75, 3.05) is 28.3 Å². The number of hydrogen-bond acceptors (Lipinski definition) is 5. The van der Waals surface area contributed by atoms with Gasteiger partial charge in [-0.15, -0.1) is 0 Å². The molecule has 3 rings (SSSR count). The first-order chi connectivity index (χ1) is 12.8. The third kappa shape index (κ3) is 4.47. The van der Waals surface area contributed by atoms with Gasteiger partial charge in [0, 0.05) is 18.2 Å². The van der Waals surface area contributed by atoms with Crippen LogP contribution in [-0.2, 0) is 9.84 Å². The Hall–Kier alpha value is -2.41. The van der Waals surface area contributed by atoms with E-state index in [1.54, 1.807) is 18.3 Å². The minimum atomic E-state index is -2.95. The monoisotopic (exact) mass is 387 g/mol. The number of anilines is 2. The molecule has 6 nitrogen and oxygen atoms in total. The number of carbonyl (C=O) groups is 1. The summed E-state index contributed by atoms with van der Waals surface area (Å²) >= 11 is 0. The van der Waals surface area contributed by atoms with Crippen molar-refractivity contribution in [1.29, 1.82) is 0 Å². The molecule has 0 saturated carbocycles. The molecule has 1 aromatic carbocycles. The summed E-state index contributed by atoms with van der Waals surface area (Å²) in [5.74, 6) is 0.956. The van der Waals surface area contributed by atoms with E-state index >= 15 is 0 Å². The van der Waals surface area contributed by atoms with Crippen molar-refractivity contribution in [2.45, 2.75) is 33.2 Å². The lowest BCUT2D eigenvalue weighted by atomic mass is 10.1. The lowest BCUT2D eigenvalue weighted by Gasteiger charge is -2.28. The smallest absolute Gasteiger partial charge is 0.255 e. The molecule has 0 aliphatic carbocycles. The van der Waals surface area contributed by atoms with Gasteiger partial charge in [-0.1, -0.05) is 6.07 Å². The molecule has 2 heterocycles. The van der Waals surface area contributed by atoms with Crippen molar-refractivity contribution in [3.05, 3.63) is 53.2 Å². The zero-order valence-electron chi connectivity index (χ0n) is 15.9. The molecule has 1 aliphatic heterocycles. The highest BCUT2D eigenvalue weighted by atomic mass is 32.2. The molecule has 1 aliphatic rings. The van der Waals surface area contributed by atoms with Crippen LogP contribution in [0, 0.1) is 13.8 Å². The van der Waals surface area contributed by atoms with Gasteiger partial charge in [0.2, 0.25) is 0 Å². The summed E-state index contributed by atoms with van der Waals surface area (Å²) in [7, 11) is -2.95. The number of benzene rings is 1. The van der Waals surface area contributed by atoms with Crippen LogP contribution in [0.3, 0.4) is 0 Å². The predicted molar refractivity (Wildman–Crippen MR) is 108 cm³/mol. The maximum atomic E-state index is 12.4. The summed E-state index contributed by atoms with van der Waals surface area (Å²) in [5, 5.41) is 2.86. The molecule has 0 bridgehead atoms. The number of pyridine rings is 1. The summed E-state index contributed by atoms with van der Waals surface area (Å²) in [6, 6.07) is 9.19. The molecular formula is C20H25N3O3S. The van der Waals surface area contributed by atoms with E-state index in [9.17, 15) is 13.2 Å². The molecule has 1 aromatic heterocycles. The van der Waals surface area contributed by atoms with Gasteiger partial charge in [0.05, 0.1) is 23.4 Å². The minimum absolute atomic E-state index is 0.0384. The Bertz CT molecular complexity index is 939. The minimum Gasteiger partial charge on any atom is -0.353 e. The highest BCUT2D eigenvalue weighted by Gasteiger charge is 2.32. The van der Waals surface area contributed by atoms with Gasteiger partial charge < -0.3 is 10.2 Å². The van der Waals surface area contributed by atoms with Crippen LogP contribution in [0.15, 0.2) is 36.5 Å². The number of aromatic nitrogens is 1. The maximum Gasteiger partial charge on any atom is 0.255 e. The number of amides is 1. The topological polar surface area (TPSA) is 79.4 Å². The van der Waals surface area contributed by atoms with Gasteiger partial charge in [0.25, 0.3) is 5.91 Å². The Morgan fingerprint density at radius 2 is 2.00 bits per heavy atom. The van der Waals surface area contributed by atoms with Crippen LogP contribution in [0.4, 0.5) is 11.5 Å². The van der Waals surface area contributed by atoms with E-state index in [2.05, 4.69) is 10.3 Å². The zero-order valence-corrected chi connectivity index (χ0v) is 16.7. The Balaban J connectivity index is 1.71. The van der Waals surface area contributed by atoms with Gasteiger partial charge >= 0.3 is 0 Å². The number of hydrogen-bond donors (Lipinski definition) is 1. The first kappa shape index (κ1) is 19.4. The second-order valence-corrected chi connectivity index (χ2v) is 9.23. The molecule has 1 unspecified atom stereocenters. The van der Waals surface area contributed by atoms with E-state index in [0.29, 0.717) is 24.2 Å². The molecule has 1 atom stereocenters. The normalized spacial score (nSPS) is 18.3. The molecule has 1 N–H and O–H groups in total. The molecule has 0 spiro atoms. The van der Waals surface area contributed by atoms with Crippen LogP contribution < -0.4 is 10.2 Å². The summed E-state index contributed by atoms with van der Waals surface area (Å²) in [6.45, 7) is 6.66. The van der Waals surface area contributed by atoms with E-state index in [-0.39, 0.29) is 23.5 Å². The second-order valence-electron chi connectivity index (χ2n) is 7.00. The molecule has 7 heteroatoms. The van der Waals surface area contributed by atoms with Crippen LogP contribution in [0.25, 0.3) is 0 Å². The molecule has 27 heavy (non-hydrogen) atoms. The van der Waals surface area contributed by atoms with Crippen LogP contribution in [-0.4, -0.2) is 43.4 Å². The van der Waals surface area contributed by atoms with Crippen molar-refractivity contribution in [3.8, 4) is 0 Å². The predicted octanol–water partition coefficient (Wildman–Crippen LogP) is 2.96. The van der Waals surface area contributed by atoms with Crippen LogP contribution in [0.1, 0.15) is 34.8 Å². The van der Waals surface area contributed by atoms with E-state index < -0.39 is 9.84 Å². The molecule has 1 fully saturated rings. The highest BCUT2D eigenvalue weighted by Crippen LogP contribution is 2.23. The van der Waals surface area contributed by atoms with Crippen molar-refractivity contribution in [2.24, 2.45) is 0 Å². The van der Waals surface area contributed by atoms with E-state index in [1.807, 2.05) is 43.9 Å². The summed E-state index contributed by atoms with van der Waals surface area (Å²) in [6.07, 6.45) is 2.24. The number of sulfone groups is 1. The third-order valence-electron chi connectivity index (χ3n) is 5.06. The number of rotatable bonds is 5. The number of nitrogens with one attached hydrogen (secondary N) is 1. The lowest BCUT2D eigenvalue weighted by Crippen LogP contribution is -2.36. The quantitative estimate of drug-likeness (QED) is 0.853. The fourth-order valence-electron chi connectivity index (χ4n) is 3.34. The zero-order chi connectivity index (χ0) is 19.6. The Morgan fingerprint density at radius 1 is 1.22 bits per heavy atom. The van der Waals surface area contributed by atoms with Crippen LogP contribution >= 0.6 is 0 Å². The molecular weight excluding hydrogens is 362 g/mol. The molecule has 2 aromatic rings. The van der Waals surface area contributed by atoms with Crippen molar-refractivity contribution < 1.29 is 13.2 Å². The number of aryl methyl sites for hydroxylation is 2. The van der Waals surface area contributed by atoms with E-state index in [4.69, 9.17) is 0 Å². The van der Waals surface area contributed by atoms with Gasteiger partial charge in [0.15, 0.2) is 9.84 Å². The van der Waals surface area contributed by atoms with Gasteiger partial charge in [-0.05, 0) is 62.6 Å². The number of nitrogens with zero attached hydrogens (tertiary/aromatic N) is 2. The third-order valence-corrected chi connectivity index (χ3v) is 6.81. The standard InChI is InChI=1S/C20H25N3O3S/c1-4-23(18-9-10-27(25,26)13-18)19-8-7-17(12-21-19)22-20(24)16-6-5-14(2)15(3)11-16/h5-8,11-12,18H,4,9-10,13H2,1-3H3,(H,22,24). The van der Waals surface area contributed by atoms with Gasteiger partial charge in [-0.2, -0.15) is 0 Å². The fourth-order valence-corrected chi connectivity index (χ4v) is 5.07. The van der Waals surface area contributed by atoms with E-state index in [0.717, 1.165) is 16.9 Å². The average molecular weight is 388 g/mol. The molecule has 1 amide bonds. The van der Waals surface area contributed by atoms with Crippen molar-refractivity contribution in [1.82, 2.24) is 4.98 Å². The van der Waals surface area contributed by atoms with Crippen LogP contribution in [0.2, 0.25) is 0 Å². The average Bonchev–Trinajstić information content (AvgIpc) is 2.99. The Kier molecular flexibility index (Phi) is 5.51. The SMILES string of the molecule is CCN(c1ccc(NC(=O)c2ccc(C)c(C)c2)cn1)C1CCS(=O)(=O)C1. The highest BCUT2D eigenvalue weighted by molar-refractivity contribution is 7.91. The summed E-state index contributed by atoms with van der Waals surface area (Å²) in [4.78, 5) is 18.9. The Morgan fingerprint density at radius 3 is 2.56 bits per heavy atom. The summed E-state index contributed by atoms with van der Waals surface area (Å²) < 4.78 is 23.5. The Labute approximate surface area is 160 Å². The van der Waals surface area contributed by atoms with Gasteiger partial charge in [0.1, 0.15) is 5.82 Å². The first-order valence-electron chi connectivity index (χ1n) is 9.11. The molecule has 1 saturated heterocycles. The van der Waals surface area contributed by atoms with E-state index in [1.165, 1.54) is 0 Å². The van der Waals surface area contributed by atoms with Gasteiger partial charge in [-0.3, -0.25) is 4.79 Å². The maximum absolute atomic E-state index is 12.4. The van der Waals surface area contributed by atoms with Gasteiger partial charge in [-0.25, -0.2) is 13.4 Å². The fraction of sp³-hybridized carbons (Fsp3) is 0.400. The lowest BCUT2D eigenvalue weighted by molar-refractivity contribution is 0.102.